The third-order valence-corrected chi connectivity index (χ3v) is 6.73. The van der Waals surface area contributed by atoms with Gasteiger partial charge in [-0.3, -0.25) is 13.9 Å². The number of hydrogen-bond donors (Lipinski definition) is 0. The Balaban J connectivity index is 1.82. The molecule has 1 aliphatic heterocycles. The van der Waals surface area contributed by atoms with Crippen LogP contribution < -0.4 is 20.7 Å². The van der Waals surface area contributed by atoms with Gasteiger partial charge in [0.2, 0.25) is 0 Å². The number of fused-ring (bicyclic) bond motifs is 3. The number of nitrogens with zero attached hydrogens (tertiary/aromatic N) is 3. The van der Waals surface area contributed by atoms with Crippen molar-refractivity contribution < 1.29 is 14.2 Å². The molecule has 0 aliphatic carbocycles. The summed E-state index contributed by atoms with van der Waals surface area (Å²) in [6, 6.07) is 13.8. The van der Waals surface area contributed by atoms with Crippen molar-refractivity contribution in [3.63, 3.8) is 0 Å². The van der Waals surface area contributed by atoms with Gasteiger partial charge < -0.3 is 18.8 Å². The van der Waals surface area contributed by atoms with Gasteiger partial charge in [-0.2, -0.15) is 0 Å². The first kappa shape index (κ1) is 23.9. The average molecular weight is 490 g/mol. The average Bonchev–Trinajstić information content (AvgIpc) is 3.22. The molecule has 2 aromatic carbocycles. The maximum Gasteiger partial charge on any atom is 0.331 e. The molecule has 0 unspecified atom stereocenters. The summed E-state index contributed by atoms with van der Waals surface area (Å²) in [4.78, 5) is 26.5. The minimum atomic E-state index is -0.500. The van der Waals surface area contributed by atoms with Gasteiger partial charge in [-0.25, -0.2) is 4.79 Å². The molecule has 0 spiro atoms. The van der Waals surface area contributed by atoms with Crippen molar-refractivity contribution in [2.75, 3.05) is 13.7 Å². The molecule has 0 saturated heterocycles. The summed E-state index contributed by atoms with van der Waals surface area (Å²) < 4.78 is 22.7. The number of methoxy groups -OCH3 is 1. The van der Waals surface area contributed by atoms with Crippen molar-refractivity contribution >= 4 is 10.9 Å². The van der Waals surface area contributed by atoms with Crippen molar-refractivity contribution in [2.45, 2.75) is 39.5 Å². The number of aryl methyl sites for hydroxylation is 2. The molecule has 188 valence electrons. The molecule has 0 saturated carbocycles. The zero-order valence-electron chi connectivity index (χ0n) is 21.5. The normalized spacial score (nSPS) is 15.4. The fraction of sp³-hybridized carbons (Fsp3) is 0.357. The van der Waals surface area contributed by atoms with Gasteiger partial charge in [0.05, 0.1) is 42.1 Å². The van der Waals surface area contributed by atoms with Gasteiger partial charge in [-0.1, -0.05) is 35.9 Å². The fourth-order valence-electron chi connectivity index (χ4n) is 5.04. The summed E-state index contributed by atoms with van der Waals surface area (Å²) >= 11 is 0. The maximum atomic E-state index is 13.5. The van der Waals surface area contributed by atoms with Crippen LogP contribution in [0.25, 0.3) is 22.2 Å². The number of rotatable bonds is 5. The molecule has 0 fully saturated rings. The summed E-state index contributed by atoms with van der Waals surface area (Å²) in [5.74, 6) is 1.25. The number of hydrogen-bond acceptors (Lipinski definition) is 5. The SMILES string of the molecule is COc1cc([C@@H]2OCCn3c(-c4ccc(C)cc4)c4c(=O)n(C)c(=O)n(C)c4c32)ccc1OC(C)C. The monoisotopic (exact) mass is 489 g/mol. The van der Waals surface area contributed by atoms with E-state index in [0.717, 1.165) is 28.1 Å². The Bertz CT molecular complexity index is 1570. The Morgan fingerprint density at radius 3 is 2.39 bits per heavy atom. The highest BCUT2D eigenvalue weighted by molar-refractivity contribution is 5.96. The lowest BCUT2D eigenvalue weighted by atomic mass is 10.0. The zero-order valence-corrected chi connectivity index (χ0v) is 21.5. The minimum Gasteiger partial charge on any atom is -0.493 e. The van der Waals surface area contributed by atoms with E-state index in [1.54, 1.807) is 18.7 Å². The molecule has 1 aliphatic rings. The molecule has 0 radical (unpaired) electrons. The second kappa shape index (κ2) is 9.02. The number of benzene rings is 2. The van der Waals surface area contributed by atoms with Crippen LogP contribution in [0.3, 0.4) is 0 Å². The third kappa shape index (κ3) is 3.73. The molecule has 8 heteroatoms. The first-order valence-corrected chi connectivity index (χ1v) is 12.1. The predicted octanol–water partition coefficient (Wildman–Crippen LogP) is 3.93. The quantitative estimate of drug-likeness (QED) is 0.425. The molecule has 0 bridgehead atoms. The molecular weight excluding hydrogens is 458 g/mol. The van der Waals surface area contributed by atoms with E-state index in [1.165, 1.54) is 11.6 Å². The Hall–Kier alpha value is -3.78. The minimum absolute atomic E-state index is 0.000312. The highest BCUT2D eigenvalue weighted by Crippen LogP contribution is 2.42. The highest BCUT2D eigenvalue weighted by Gasteiger charge is 2.33. The largest absolute Gasteiger partial charge is 0.493 e. The fourth-order valence-corrected chi connectivity index (χ4v) is 5.04. The number of aromatic nitrogens is 3. The second-order valence-electron chi connectivity index (χ2n) is 9.51. The standard InChI is InChI=1S/C28H31N3O5/c1-16(2)36-20-12-11-19(15-21(20)34-6)26-25-24-22(27(32)30(5)28(33)29(24)4)23(31(25)13-14-35-26)18-9-7-17(3)8-10-18/h7-12,15-16,26H,13-14H2,1-6H3/t26-/m0/s1. The van der Waals surface area contributed by atoms with Crippen LogP contribution in [0.1, 0.15) is 36.8 Å². The topological polar surface area (TPSA) is 76.6 Å². The van der Waals surface area contributed by atoms with Gasteiger partial charge in [0.1, 0.15) is 6.10 Å². The Morgan fingerprint density at radius 1 is 1.00 bits per heavy atom. The lowest BCUT2D eigenvalue weighted by Gasteiger charge is -2.28. The van der Waals surface area contributed by atoms with E-state index in [1.807, 2.05) is 63.2 Å². The van der Waals surface area contributed by atoms with Crippen LogP contribution in [0, 0.1) is 6.92 Å². The molecule has 0 amide bonds. The molecule has 3 heterocycles. The zero-order chi connectivity index (χ0) is 25.7. The van der Waals surface area contributed by atoms with E-state index in [9.17, 15) is 9.59 Å². The molecule has 1 atom stereocenters. The van der Waals surface area contributed by atoms with E-state index in [-0.39, 0.29) is 17.4 Å². The predicted molar refractivity (Wildman–Crippen MR) is 139 cm³/mol. The molecule has 0 N–H and O–H groups in total. The van der Waals surface area contributed by atoms with Crippen LogP contribution in [-0.2, 0) is 25.4 Å². The molecule has 36 heavy (non-hydrogen) atoms. The van der Waals surface area contributed by atoms with Gasteiger partial charge >= 0.3 is 5.69 Å². The summed E-state index contributed by atoms with van der Waals surface area (Å²) in [6.07, 6.45) is -0.500. The van der Waals surface area contributed by atoms with E-state index in [4.69, 9.17) is 14.2 Å². The molecule has 4 aromatic rings. The van der Waals surface area contributed by atoms with Crippen LogP contribution in [0.5, 0.6) is 11.5 Å². The van der Waals surface area contributed by atoms with E-state index in [0.29, 0.717) is 35.6 Å². The summed E-state index contributed by atoms with van der Waals surface area (Å²) in [7, 11) is 4.83. The highest BCUT2D eigenvalue weighted by atomic mass is 16.5. The van der Waals surface area contributed by atoms with E-state index >= 15 is 0 Å². The molecule has 8 nitrogen and oxygen atoms in total. The molecule has 2 aromatic heterocycles. The van der Waals surface area contributed by atoms with Gasteiger partial charge in [0.15, 0.2) is 11.5 Å². The lowest BCUT2D eigenvalue weighted by Crippen LogP contribution is -2.37. The van der Waals surface area contributed by atoms with Crippen molar-refractivity contribution in [3.8, 4) is 22.8 Å². The molecular formula is C28H31N3O5. The Morgan fingerprint density at radius 2 is 1.72 bits per heavy atom. The van der Waals surface area contributed by atoms with Gasteiger partial charge in [0, 0.05) is 20.6 Å². The van der Waals surface area contributed by atoms with Gasteiger partial charge in [-0.15, -0.1) is 0 Å². The maximum absolute atomic E-state index is 13.5. The first-order chi connectivity index (χ1) is 17.2. The van der Waals surface area contributed by atoms with Crippen LogP contribution >= 0.6 is 0 Å². The van der Waals surface area contributed by atoms with Crippen LogP contribution in [0.15, 0.2) is 52.1 Å². The van der Waals surface area contributed by atoms with Crippen molar-refractivity contribution in [1.82, 2.24) is 13.7 Å². The van der Waals surface area contributed by atoms with Crippen LogP contribution in [-0.4, -0.2) is 33.5 Å². The lowest BCUT2D eigenvalue weighted by molar-refractivity contribution is 0.0477. The second-order valence-corrected chi connectivity index (χ2v) is 9.51. The summed E-state index contributed by atoms with van der Waals surface area (Å²) in [5, 5.41) is 0.515. The van der Waals surface area contributed by atoms with Crippen molar-refractivity contribution in [3.05, 3.63) is 80.1 Å². The summed E-state index contributed by atoms with van der Waals surface area (Å²) in [5.41, 5.74) is 4.38. The Kier molecular flexibility index (Phi) is 6.00. The Labute approximate surface area is 209 Å². The van der Waals surface area contributed by atoms with Gasteiger partial charge in [0.25, 0.3) is 5.56 Å². The first-order valence-electron chi connectivity index (χ1n) is 12.1. The van der Waals surface area contributed by atoms with Crippen LogP contribution in [0.4, 0.5) is 0 Å². The van der Waals surface area contributed by atoms with Crippen molar-refractivity contribution in [1.29, 1.82) is 0 Å². The smallest absolute Gasteiger partial charge is 0.331 e. The van der Waals surface area contributed by atoms with E-state index in [2.05, 4.69) is 4.57 Å². The van der Waals surface area contributed by atoms with E-state index < -0.39 is 6.10 Å². The van der Waals surface area contributed by atoms with Crippen LogP contribution in [0.2, 0.25) is 0 Å². The van der Waals surface area contributed by atoms with Gasteiger partial charge in [-0.05, 0) is 44.0 Å². The summed E-state index contributed by atoms with van der Waals surface area (Å²) in [6.45, 7) is 6.97. The number of ether oxygens (including phenoxy) is 3. The van der Waals surface area contributed by atoms with Crippen molar-refractivity contribution in [2.24, 2.45) is 14.1 Å². The molecule has 5 rings (SSSR count). The third-order valence-electron chi connectivity index (χ3n) is 6.73.